The van der Waals surface area contributed by atoms with Crippen LogP contribution in [0, 0.1) is 0 Å². The Morgan fingerprint density at radius 2 is 2.18 bits per heavy atom. The van der Waals surface area contributed by atoms with Gasteiger partial charge < -0.3 is 4.90 Å². The highest BCUT2D eigenvalue weighted by Gasteiger charge is 2.30. The molecular formula is C16H18ClFN2OS. The molecule has 0 atom stereocenters. The van der Waals surface area contributed by atoms with Crippen molar-refractivity contribution < 1.29 is 9.18 Å². The van der Waals surface area contributed by atoms with Crippen LogP contribution in [0.3, 0.4) is 0 Å². The van der Waals surface area contributed by atoms with E-state index >= 15 is 0 Å². The molecule has 0 spiro atoms. The lowest BCUT2D eigenvalue weighted by atomic mass is 10.1. The van der Waals surface area contributed by atoms with E-state index in [-0.39, 0.29) is 10.7 Å². The molecule has 0 radical (unpaired) electrons. The summed E-state index contributed by atoms with van der Waals surface area (Å²) < 4.78 is 14.7. The molecule has 0 fully saturated rings. The molecule has 2 rings (SSSR count). The second-order valence-corrected chi connectivity index (χ2v) is 6.60. The first kappa shape index (κ1) is 17.0. The van der Waals surface area contributed by atoms with E-state index in [4.69, 9.17) is 11.6 Å². The maximum absolute atomic E-state index is 14.7. The minimum absolute atomic E-state index is 0.0211. The van der Waals surface area contributed by atoms with Crippen LogP contribution in [-0.4, -0.2) is 22.2 Å². The van der Waals surface area contributed by atoms with Crippen LogP contribution in [0.25, 0.3) is 0 Å². The zero-order valence-corrected chi connectivity index (χ0v) is 14.4. The topological polar surface area (TPSA) is 33.2 Å². The van der Waals surface area contributed by atoms with Gasteiger partial charge in [-0.3, -0.25) is 4.79 Å². The number of halogens is 2. The van der Waals surface area contributed by atoms with Gasteiger partial charge in [-0.25, -0.2) is 4.98 Å². The molecule has 0 N–H and O–H groups in total. The van der Waals surface area contributed by atoms with Crippen molar-refractivity contribution >= 4 is 29.1 Å². The predicted octanol–water partition coefficient (Wildman–Crippen LogP) is 5.16. The van der Waals surface area contributed by atoms with Gasteiger partial charge in [0.25, 0.3) is 0 Å². The molecule has 1 aromatic heterocycles. The SMILES string of the molecule is CCCCN1C(C)=C(C)S/C1=C(/F)C(=O)c1cccnc1Cl. The zero-order valence-electron chi connectivity index (χ0n) is 12.8. The smallest absolute Gasteiger partial charge is 0.227 e. The standard InChI is InChI=1S/C16H18ClFN2OS/c1-4-5-9-20-10(2)11(3)22-16(20)13(18)14(21)12-7-6-8-19-15(12)17/h6-8H,4-5,9H2,1-3H3/b16-13+. The van der Waals surface area contributed by atoms with E-state index in [0.717, 1.165) is 23.4 Å². The molecule has 1 aliphatic rings. The molecular weight excluding hydrogens is 323 g/mol. The first-order valence-electron chi connectivity index (χ1n) is 7.15. The van der Waals surface area contributed by atoms with Crippen LogP contribution < -0.4 is 0 Å². The van der Waals surface area contributed by atoms with Gasteiger partial charge in [-0.05, 0) is 32.4 Å². The molecule has 6 heteroatoms. The highest BCUT2D eigenvalue weighted by atomic mass is 35.5. The summed E-state index contributed by atoms with van der Waals surface area (Å²) in [4.78, 5) is 19.1. The quantitative estimate of drug-likeness (QED) is 0.421. The largest absolute Gasteiger partial charge is 0.337 e. The summed E-state index contributed by atoms with van der Waals surface area (Å²) in [5.41, 5.74) is 1.08. The van der Waals surface area contributed by atoms with E-state index in [0.29, 0.717) is 11.6 Å². The van der Waals surface area contributed by atoms with E-state index in [1.165, 1.54) is 24.0 Å². The maximum atomic E-state index is 14.7. The average Bonchev–Trinajstić information content (AvgIpc) is 2.79. The van der Waals surface area contributed by atoms with Crippen LogP contribution in [0.15, 0.2) is 39.8 Å². The second-order valence-electron chi connectivity index (χ2n) is 5.04. The Kier molecular flexibility index (Phi) is 5.64. The van der Waals surface area contributed by atoms with E-state index in [1.54, 1.807) is 6.07 Å². The Hall–Kier alpha value is -1.33. The normalized spacial score (nSPS) is 17.2. The summed E-state index contributed by atoms with van der Waals surface area (Å²) in [6.45, 7) is 6.65. The predicted molar refractivity (Wildman–Crippen MR) is 89.3 cm³/mol. The summed E-state index contributed by atoms with van der Waals surface area (Å²) in [6, 6.07) is 3.06. The summed E-state index contributed by atoms with van der Waals surface area (Å²) >= 11 is 7.19. The minimum Gasteiger partial charge on any atom is -0.337 e. The number of nitrogens with zero attached hydrogens (tertiary/aromatic N) is 2. The van der Waals surface area contributed by atoms with Crippen LogP contribution >= 0.6 is 23.4 Å². The molecule has 0 amide bonds. The molecule has 1 aliphatic heterocycles. The van der Waals surface area contributed by atoms with Crippen LogP contribution in [0.4, 0.5) is 4.39 Å². The molecule has 3 nitrogen and oxygen atoms in total. The Morgan fingerprint density at radius 1 is 1.45 bits per heavy atom. The molecule has 2 heterocycles. The van der Waals surface area contributed by atoms with Crippen molar-refractivity contribution in [2.45, 2.75) is 33.6 Å². The van der Waals surface area contributed by atoms with Gasteiger partial charge in [0.15, 0.2) is 0 Å². The lowest BCUT2D eigenvalue weighted by molar-refractivity contribution is 0.100. The third-order valence-electron chi connectivity index (χ3n) is 3.54. The fraction of sp³-hybridized carbons (Fsp3) is 0.375. The number of Topliss-reactive ketones (excluding diaryl/α,β-unsaturated/α-hetero) is 1. The third-order valence-corrected chi connectivity index (χ3v) is 5.03. The van der Waals surface area contributed by atoms with E-state index < -0.39 is 11.6 Å². The van der Waals surface area contributed by atoms with Crippen molar-refractivity contribution in [3.63, 3.8) is 0 Å². The lowest BCUT2D eigenvalue weighted by Gasteiger charge is -2.21. The van der Waals surface area contributed by atoms with Gasteiger partial charge in [-0.1, -0.05) is 36.7 Å². The number of allylic oxidation sites excluding steroid dienone is 3. The summed E-state index contributed by atoms with van der Waals surface area (Å²) in [5, 5.41) is 0.376. The summed E-state index contributed by atoms with van der Waals surface area (Å²) in [6.07, 6.45) is 3.41. The van der Waals surface area contributed by atoms with E-state index in [1.807, 2.05) is 18.7 Å². The number of carbonyl (C=O) groups is 1. The van der Waals surface area contributed by atoms with Crippen LogP contribution in [0.1, 0.15) is 44.0 Å². The molecule has 0 saturated heterocycles. The van der Waals surface area contributed by atoms with Crippen LogP contribution in [0.2, 0.25) is 5.15 Å². The number of hydrogen-bond donors (Lipinski definition) is 0. The molecule has 22 heavy (non-hydrogen) atoms. The number of thioether (sulfide) groups is 1. The van der Waals surface area contributed by atoms with Gasteiger partial charge >= 0.3 is 0 Å². The first-order valence-corrected chi connectivity index (χ1v) is 8.34. The van der Waals surface area contributed by atoms with Crippen molar-refractivity contribution in [3.8, 4) is 0 Å². The number of carbonyl (C=O) groups excluding carboxylic acids is 1. The Morgan fingerprint density at radius 3 is 2.82 bits per heavy atom. The van der Waals surface area contributed by atoms with Gasteiger partial charge in [0.2, 0.25) is 11.6 Å². The Bertz CT molecular complexity index is 657. The number of ketones is 1. The van der Waals surface area contributed by atoms with Crippen LogP contribution in [0.5, 0.6) is 0 Å². The average molecular weight is 341 g/mol. The maximum Gasteiger partial charge on any atom is 0.227 e. The highest BCUT2D eigenvalue weighted by Crippen LogP contribution is 2.43. The van der Waals surface area contributed by atoms with Gasteiger partial charge in [-0.15, -0.1) is 0 Å². The highest BCUT2D eigenvalue weighted by molar-refractivity contribution is 8.06. The van der Waals surface area contributed by atoms with E-state index in [2.05, 4.69) is 11.9 Å². The van der Waals surface area contributed by atoms with Crippen molar-refractivity contribution in [1.29, 1.82) is 0 Å². The molecule has 1 aromatic rings. The van der Waals surface area contributed by atoms with Crippen molar-refractivity contribution in [2.75, 3.05) is 6.54 Å². The minimum atomic E-state index is -0.771. The van der Waals surface area contributed by atoms with Gasteiger partial charge in [-0.2, -0.15) is 4.39 Å². The van der Waals surface area contributed by atoms with Crippen molar-refractivity contribution in [3.05, 3.63) is 50.5 Å². The number of pyridine rings is 1. The Labute approximate surface area is 139 Å². The zero-order chi connectivity index (χ0) is 16.3. The van der Waals surface area contributed by atoms with E-state index in [9.17, 15) is 9.18 Å². The number of hydrogen-bond acceptors (Lipinski definition) is 4. The number of unbranched alkanes of at least 4 members (excludes halogenated alkanes) is 1. The molecule has 118 valence electrons. The van der Waals surface area contributed by atoms with Crippen molar-refractivity contribution in [1.82, 2.24) is 9.88 Å². The third kappa shape index (κ3) is 3.36. The lowest BCUT2D eigenvalue weighted by Crippen LogP contribution is -2.20. The molecule has 0 bridgehead atoms. The summed E-state index contributed by atoms with van der Waals surface area (Å²) in [5.74, 6) is -1.49. The summed E-state index contributed by atoms with van der Waals surface area (Å²) in [7, 11) is 0. The first-order chi connectivity index (χ1) is 10.5. The fourth-order valence-electron chi connectivity index (χ4n) is 2.14. The van der Waals surface area contributed by atoms with Crippen LogP contribution in [-0.2, 0) is 0 Å². The van der Waals surface area contributed by atoms with Gasteiger partial charge in [0, 0.05) is 23.3 Å². The fourth-order valence-corrected chi connectivity index (χ4v) is 3.41. The monoisotopic (exact) mass is 340 g/mol. The second kappa shape index (κ2) is 7.29. The van der Waals surface area contributed by atoms with Gasteiger partial charge in [0.05, 0.1) is 5.56 Å². The van der Waals surface area contributed by atoms with Gasteiger partial charge in [0.1, 0.15) is 10.2 Å². The molecule has 0 saturated carbocycles. The number of rotatable bonds is 5. The molecule has 0 aliphatic carbocycles. The van der Waals surface area contributed by atoms with Crippen molar-refractivity contribution in [2.24, 2.45) is 0 Å². The molecule has 0 aromatic carbocycles. The molecule has 0 unspecified atom stereocenters. The number of aromatic nitrogens is 1. The Balaban J connectivity index is 2.36.